The number of H-pyrrole nitrogens is 2. The van der Waals surface area contributed by atoms with Gasteiger partial charge in [0.25, 0.3) is 0 Å². The molecule has 47 heteroatoms. The molecule has 0 radical (unpaired) electrons. The summed E-state index contributed by atoms with van der Waals surface area (Å²) in [6.07, 6.45) is 9.29. The minimum absolute atomic E-state index is 0.0181. The first-order valence-electron chi connectivity index (χ1n) is 43.7. The molecule has 0 spiro atoms. The molecule has 0 aromatic carbocycles. The van der Waals surface area contributed by atoms with Crippen LogP contribution in [-0.4, -0.2) is 328 Å². The standard InChI is InChI=1S/C37H57N9O10.C25H39N7O8.C21H33N7O6/c1-18(2)27-34(53)41-24(17-47)32(51)40-23(16-22-10-7-13-38-22)31(50)39-20(5)30(49)42-28(19(3)4)35(54)44-29(21(6)48)37(56)46-15-9-12-26(46)36(55)45-14-8-11-25(45)33(52)43-27;1-5-16-23(38)31-18(10-34)19(35)6-14(9-33)22(37)30-17(7-15-8-26-11-27-15)24(39)28-13(4)21(36)32-20(12(2)3)25(40)29-16;1-5-13-18(31)27-15(8-29)20(33)26-14(6-12-7-22-9-23-12)19(32)24-11(4)17(30)28-16(10(2)3)21(34)25-13/h10,13,18-21,23-29,47-48H,7-9,11-12,14-17H2,1-6H3,(H,39,50)(H,40,51)(H,41,53)(H,42,49)(H,43,52)(H,44,54);8,11-14,16-18,20,33-34H,5-7,9-10H2,1-4H3,(H,26,27)(H,28,39)(H,29,40)(H,30,37)(H,31,38)(H,32,36);7,9-11,13-16,29H,5-6,8H2,1-4H3,(H,22,23)(H,24,32)(H,25,34)(H,26,33)(H,27,31)(H,28,30)/t20-,21?,23-,24-,25-,26-,27-,28-,29-;13-,14-,16-,17-,18-,20-;11-,13-,14-,15-,16-/m000/s1. The van der Waals surface area contributed by atoms with Crippen LogP contribution in [0.4, 0.5) is 0 Å². The number of hydrogen-bond donors (Lipinski definition) is 23. The lowest BCUT2D eigenvalue weighted by Crippen LogP contribution is -2.63. The molecule has 720 valence electrons. The van der Waals surface area contributed by atoms with Crippen molar-refractivity contribution in [3.63, 3.8) is 0 Å². The molecule has 0 saturated carbocycles. The Labute approximate surface area is 751 Å². The molecular formula is C83H129N23O24. The van der Waals surface area contributed by atoms with E-state index in [-0.39, 0.29) is 64.0 Å². The molecule has 2 aromatic rings. The van der Waals surface area contributed by atoms with E-state index >= 15 is 0 Å². The largest absolute Gasteiger partial charge is 0.396 e. The zero-order chi connectivity index (χ0) is 96.8. The number of Topliss-reactive ketones (excluding diaryl/α,β-unsaturated/α-hetero) is 1. The van der Waals surface area contributed by atoms with E-state index < -0.39 is 283 Å². The van der Waals surface area contributed by atoms with E-state index in [2.05, 4.69) is 110 Å². The van der Waals surface area contributed by atoms with Crippen LogP contribution in [0.2, 0.25) is 0 Å². The Bertz CT molecular complexity index is 4390. The van der Waals surface area contributed by atoms with Crippen LogP contribution >= 0.6 is 0 Å². The second kappa shape index (κ2) is 50.6. The molecule has 1 unspecified atom stereocenters. The van der Waals surface area contributed by atoms with Crippen LogP contribution in [0.25, 0.3) is 0 Å². The van der Waals surface area contributed by atoms with Crippen LogP contribution in [0.3, 0.4) is 0 Å². The molecule has 20 atom stereocenters. The van der Waals surface area contributed by atoms with Gasteiger partial charge >= 0.3 is 0 Å². The first-order valence-corrected chi connectivity index (χ1v) is 43.7. The van der Waals surface area contributed by atoms with Crippen LogP contribution in [-0.2, 0) is 104 Å². The summed E-state index contributed by atoms with van der Waals surface area (Å²) in [5.74, 6) is -16.6. The van der Waals surface area contributed by atoms with Crippen LogP contribution in [0.15, 0.2) is 41.8 Å². The monoisotopic (exact) mass is 1830 g/mol. The summed E-state index contributed by atoms with van der Waals surface area (Å²) in [6.45, 7) is 19.5. The third-order valence-corrected chi connectivity index (χ3v) is 22.6. The molecule has 8 heterocycles. The highest BCUT2D eigenvalue weighted by atomic mass is 16.3. The normalized spacial score (nSPS) is 29.3. The van der Waals surface area contributed by atoms with Crippen molar-refractivity contribution >= 4 is 118 Å². The third kappa shape index (κ3) is 30.2. The van der Waals surface area contributed by atoms with Crippen molar-refractivity contribution < 1.29 is 117 Å². The van der Waals surface area contributed by atoms with Crippen molar-refractivity contribution in [2.45, 2.75) is 282 Å². The van der Waals surface area contributed by atoms with Crippen LogP contribution in [0.1, 0.15) is 166 Å². The van der Waals surface area contributed by atoms with E-state index in [9.17, 15) is 117 Å². The van der Waals surface area contributed by atoms with Gasteiger partial charge in [-0.2, -0.15) is 0 Å². The van der Waals surface area contributed by atoms with Gasteiger partial charge in [-0.1, -0.05) is 75.3 Å². The Balaban J connectivity index is 0.000000312. The van der Waals surface area contributed by atoms with Gasteiger partial charge in [-0.3, -0.25) is 96.1 Å². The number of carbonyl (C=O) groups excluding carboxylic acids is 19. The van der Waals surface area contributed by atoms with E-state index in [1.54, 1.807) is 81.5 Å². The van der Waals surface area contributed by atoms with E-state index in [1.165, 1.54) is 62.5 Å². The number of aromatic amines is 2. The number of rotatable bonds is 17. The van der Waals surface area contributed by atoms with Crippen LogP contribution < -0.4 is 85.1 Å². The lowest BCUT2D eigenvalue weighted by molar-refractivity contribution is -0.149. The maximum Gasteiger partial charge on any atom is 0.248 e. The van der Waals surface area contributed by atoms with Crippen LogP contribution in [0, 0.1) is 29.6 Å². The number of allylic oxidation sites excluding steroid dienone is 1. The third-order valence-electron chi connectivity index (χ3n) is 22.6. The number of nitrogens with zero attached hydrogens (tertiary/aromatic N) is 5. The number of aromatic nitrogens is 4. The van der Waals surface area contributed by atoms with E-state index in [4.69, 9.17) is 0 Å². The van der Waals surface area contributed by atoms with Crippen molar-refractivity contribution in [2.24, 2.45) is 34.6 Å². The molecule has 23 N–H and O–H groups in total. The smallest absolute Gasteiger partial charge is 0.248 e. The average molecular weight is 1830 g/mol. The van der Waals surface area contributed by atoms with Gasteiger partial charge in [0.15, 0.2) is 5.78 Å². The number of fused-ring (bicyclic) bond motifs is 2. The molecule has 18 amide bonds. The number of ketones is 1. The number of aliphatic imine (C=N–C) groups is 1. The minimum atomic E-state index is -1.55. The quantitative estimate of drug-likeness (QED) is 0.0699. The summed E-state index contributed by atoms with van der Waals surface area (Å²) < 4.78 is 0. The number of aliphatic hydroxyl groups is 5. The number of carbonyl (C=O) groups is 19. The predicted octanol–water partition coefficient (Wildman–Crippen LogP) is -8.15. The van der Waals surface area contributed by atoms with Gasteiger partial charge < -0.3 is 130 Å². The molecule has 130 heavy (non-hydrogen) atoms. The number of imidazole rings is 2. The Morgan fingerprint density at radius 2 is 0.692 bits per heavy atom. The minimum Gasteiger partial charge on any atom is -0.396 e. The highest BCUT2D eigenvalue weighted by Gasteiger charge is 2.47. The second-order valence-electron chi connectivity index (χ2n) is 34.1. The highest BCUT2D eigenvalue weighted by Crippen LogP contribution is 2.27. The molecule has 0 bridgehead atoms. The number of hydrogen-bond acceptors (Lipinski definition) is 27. The molecule has 0 aliphatic carbocycles. The summed E-state index contributed by atoms with van der Waals surface area (Å²) in [6, 6.07) is -21.4. The Hall–Kier alpha value is -12.2. The zero-order valence-electron chi connectivity index (χ0n) is 75.6. The maximum absolute atomic E-state index is 14.1. The van der Waals surface area contributed by atoms with Gasteiger partial charge in [0, 0.05) is 80.9 Å². The topological polar surface area (TPSA) is 694 Å². The fourth-order valence-electron chi connectivity index (χ4n) is 14.7. The first-order chi connectivity index (χ1) is 61.4. The fourth-order valence-corrected chi connectivity index (χ4v) is 14.7. The Morgan fingerprint density at radius 3 is 1.05 bits per heavy atom. The predicted molar refractivity (Wildman–Crippen MR) is 461 cm³/mol. The number of nitrogens with one attached hydrogen (secondary N) is 18. The molecule has 5 fully saturated rings. The van der Waals surface area contributed by atoms with Gasteiger partial charge in [-0.25, -0.2) is 9.97 Å². The summed E-state index contributed by atoms with van der Waals surface area (Å²) in [4.78, 5) is 272. The van der Waals surface area contributed by atoms with Crippen molar-refractivity contribution in [2.75, 3.05) is 39.5 Å². The van der Waals surface area contributed by atoms with Crippen LogP contribution in [0.5, 0.6) is 0 Å². The Morgan fingerprint density at radius 1 is 0.362 bits per heavy atom. The van der Waals surface area contributed by atoms with Crippen molar-refractivity contribution in [1.29, 1.82) is 0 Å². The molecule has 47 nitrogen and oxygen atoms in total. The van der Waals surface area contributed by atoms with Gasteiger partial charge in [0.05, 0.1) is 51.1 Å². The molecule has 5 saturated heterocycles. The summed E-state index contributed by atoms with van der Waals surface area (Å²) in [5, 5.41) is 90.8. The summed E-state index contributed by atoms with van der Waals surface area (Å²) >= 11 is 0. The van der Waals surface area contributed by atoms with E-state index in [1.807, 2.05) is 0 Å². The molecule has 2 aromatic heterocycles. The van der Waals surface area contributed by atoms with Gasteiger partial charge in [0.2, 0.25) is 106 Å². The molecular weight excluding hydrogens is 1700 g/mol. The average Bonchev–Trinajstić information content (AvgIpc) is 1.63. The molecule has 6 aliphatic heterocycles. The number of amides is 18. The van der Waals surface area contributed by atoms with Crippen molar-refractivity contribution in [3.05, 3.63) is 48.2 Å². The summed E-state index contributed by atoms with van der Waals surface area (Å²) in [5.41, 5.74) is 1.50. The zero-order valence-corrected chi connectivity index (χ0v) is 75.6. The second-order valence-corrected chi connectivity index (χ2v) is 34.1. The lowest BCUT2D eigenvalue weighted by Gasteiger charge is -2.34. The number of aliphatic hydroxyl groups excluding tert-OH is 5. The van der Waals surface area contributed by atoms with Crippen molar-refractivity contribution in [3.8, 4) is 0 Å². The van der Waals surface area contributed by atoms with Gasteiger partial charge in [0.1, 0.15) is 109 Å². The van der Waals surface area contributed by atoms with Gasteiger partial charge in [-0.15, -0.1) is 0 Å². The summed E-state index contributed by atoms with van der Waals surface area (Å²) in [7, 11) is 0. The van der Waals surface area contributed by atoms with E-state index in [0.29, 0.717) is 36.3 Å². The molecule has 8 rings (SSSR count). The van der Waals surface area contributed by atoms with E-state index in [0.717, 1.165) is 0 Å². The molecule has 6 aliphatic rings. The van der Waals surface area contributed by atoms with Gasteiger partial charge in [-0.05, 0) is 89.9 Å². The fraction of sp³-hybridized carbons (Fsp3) is 0.663. The highest BCUT2D eigenvalue weighted by molar-refractivity contribution is 6.03. The Kier molecular flexibility index (Phi) is 41.5. The lowest BCUT2D eigenvalue weighted by atomic mass is 9.97. The maximum atomic E-state index is 14.1. The first kappa shape index (κ1) is 107. The van der Waals surface area contributed by atoms with Crippen molar-refractivity contribution in [1.82, 2.24) is 115 Å². The SMILES string of the molecule is CC(C)[C@@H]1NC(=O)[C@H](C)NC(=O)[C@H](CC2=CCC=N2)NC(=O)[C@H](CO)NC(=O)[C@H](C(C)C)NC(=O)[C@@H]2CCCN2C(=O)[C@@H]2CCCN2C(=O)[C@H](C(C)O)NC1=O.CC[C@@H]1NC(=O)[C@H](C(C)C)NC(=O)[C@H](C)NC(=O)[C@H](Cc2cnc[nH]2)NC(=O)[C@H](CO)CC(=O)[C@H](CO)NC1=O.CC[C@@H]1NC(=O)[C@H](C(C)C)NC(=O)[C@H](C)NC(=O)[C@H](Cc2cnc[nH]2)NC(=O)[C@H](CO)NC1=O.